The molecule has 0 atom stereocenters. The van der Waals surface area contributed by atoms with Crippen LogP contribution in [0.4, 0.5) is 23.7 Å². The summed E-state index contributed by atoms with van der Waals surface area (Å²) >= 11 is 0. The third kappa shape index (κ3) is 4.74. The summed E-state index contributed by atoms with van der Waals surface area (Å²) in [5.74, 6) is -0.680. The maximum Gasteiger partial charge on any atom is 0.417 e. The molecule has 188 valence electrons. The van der Waals surface area contributed by atoms with E-state index in [2.05, 4.69) is 10.3 Å². The molecule has 0 saturated carbocycles. The monoisotopic (exact) mass is 507 g/mol. The molecule has 2 heterocycles. The highest BCUT2D eigenvalue weighted by Gasteiger charge is 2.52. The van der Waals surface area contributed by atoms with Gasteiger partial charge in [0, 0.05) is 12.1 Å². The van der Waals surface area contributed by atoms with E-state index < -0.39 is 34.8 Å². The average Bonchev–Trinajstić information content (AvgIpc) is 3.40. The zero-order valence-electron chi connectivity index (χ0n) is 19.8. The Kier molecular flexibility index (Phi) is 6.44. The van der Waals surface area contributed by atoms with Gasteiger partial charge in [0.2, 0.25) is 0 Å². The molecule has 37 heavy (non-hydrogen) atoms. The third-order valence-corrected chi connectivity index (χ3v) is 6.09. The number of aryl methyl sites for hydroxylation is 1. The molecule has 9 nitrogen and oxygen atoms in total. The SMILES string of the molecule is CC1(C)C(=O)N(c2ccc(C#N)c(C(F)(F)F)c2)C(=O)N1Cc1ccc(-c2cn(CCC#N)nn2)cc1. The lowest BCUT2D eigenvalue weighted by molar-refractivity contribution is -0.137. The van der Waals surface area contributed by atoms with Crippen molar-refractivity contribution in [1.29, 1.82) is 10.5 Å². The third-order valence-electron chi connectivity index (χ3n) is 6.09. The maximum absolute atomic E-state index is 13.5. The first-order valence-corrected chi connectivity index (χ1v) is 11.1. The molecular formula is C25H20F3N7O2. The van der Waals surface area contributed by atoms with Crippen molar-refractivity contribution in [3.8, 4) is 23.4 Å². The second kappa shape index (κ2) is 9.39. The number of carbonyl (C=O) groups is 2. The van der Waals surface area contributed by atoms with Crippen LogP contribution in [0, 0.1) is 22.7 Å². The Labute approximate surface area is 209 Å². The van der Waals surface area contributed by atoms with Crippen molar-refractivity contribution in [3.05, 3.63) is 65.4 Å². The van der Waals surface area contributed by atoms with E-state index in [1.54, 1.807) is 35.1 Å². The van der Waals surface area contributed by atoms with Gasteiger partial charge < -0.3 is 4.90 Å². The number of alkyl halides is 3. The number of amides is 3. The van der Waals surface area contributed by atoms with E-state index in [0.29, 0.717) is 35.2 Å². The molecule has 0 spiro atoms. The van der Waals surface area contributed by atoms with E-state index in [-0.39, 0.29) is 12.2 Å². The molecule has 0 bridgehead atoms. The maximum atomic E-state index is 13.5. The van der Waals surface area contributed by atoms with Crippen molar-refractivity contribution in [2.24, 2.45) is 0 Å². The minimum atomic E-state index is -4.83. The highest BCUT2D eigenvalue weighted by atomic mass is 19.4. The predicted octanol–water partition coefficient (Wildman–Crippen LogP) is 4.50. The van der Waals surface area contributed by atoms with Crippen molar-refractivity contribution in [2.45, 2.75) is 45.1 Å². The highest BCUT2D eigenvalue weighted by molar-refractivity contribution is 6.23. The van der Waals surface area contributed by atoms with E-state index in [1.807, 2.05) is 6.07 Å². The Hall–Kier alpha value is -4.71. The van der Waals surface area contributed by atoms with Gasteiger partial charge in [-0.15, -0.1) is 5.10 Å². The Morgan fingerprint density at radius 3 is 2.38 bits per heavy atom. The van der Waals surface area contributed by atoms with Gasteiger partial charge in [-0.25, -0.2) is 9.69 Å². The lowest BCUT2D eigenvalue weighted by Crippen LogP contribution is -2.43. The minimum absolute atomic E-state index is 0.0334. The van der Waals surface area contributed by atoms with Gasteiger partial charge in [-0.2, -0.15) is 23.7 Å². The molecule has 3 aromatic rings. The molecule has 0 aliphatic carbocycles. The number of hydrogen-bond acceptors (Lipinski definition) is 6. The number of urea groups is 1. The minimum Gasteiger partial charge on any atom is -0.305 e. The molecule has 1 aliphatic rings. The predicted molar refractivity (Wildman–Crippen MR) is 124 cm³/mol. The van der Waals surface area contributed by atoms with Crippen LogP contribution in [0.15, 0.2) is 48.7 Å². The number of hydrogen-bond donors (Lipinski definition) is 0. The molecule has 1 fully saturated rings. The number of halogens is 3. The standard InChI is InChI=1S/C25H20F3N7O2/c1-24(2)22(36)35(19-9-8-18(13-30)20(12-19)25(26,27)28)23(37)34(24)14-16-4-6-17(7-5-16)21-15-33(32-31-21)11-3-10-29/h4-9,12,15H,3,11,14H2,1-2H3. The van der Waals surface area contributed by atoms with Crippen LogP contribution in [0.5, 0.6) is 0 Å². The van der Waals surface area contributed by atoms with E-state index in [4.69, 9.17) is 10.5 Å². The van der Waals surface area contributed by atoms with Crippen LogP contribution in [0.3, 0.4) is 0 Å². The van der Waals surface area contributed by atoms with Crippen LogP contribution in [0.1, 0.15) is 37.0 Å². The molecule has 0 unspecified atom stereocenters. The number of aromatic nitrogens is 3. The van der Waals surface area contributed by atoms with Crippen LogP contribution >= 0.6 is 0 Å². The van der Waals surface area contributed by atoms with Gasteiger partial charge in [-0.3, -0.25) is 9.48 Å². The first-order valence-electron chi connectivity index (χ1n) is 11.1. The summed E-state index contributed by atoms with van der Waals surface area (Å²) in [6.45, 7) is 3.50. The fourth-order valence-electron chi connectivity index (χ4n) is 4.00. The molecule has 2 aromatic carbocycles. The number of nitriles is 2. The topological polar surface area (TPSA) is 119 Å². The summed E-state index contributed by atoms with van der Waals surface area (Å²) in [5.41, 5.74) is -1.36. The van der Waals surface area contributed by atoms with Crippen LogP contribution in [0.2, 0.25) is 0 Å². The summed E-state index contributed by atoms with van der Waals surface area (Å²) in [6, 6.07) is 12.6. The largest absolute Gasteiger partial charge is 0.417 e. The van der Waals surface area contributed by atoms with Crippen molar-refractivity contribution in [3.63, 3.8) is 0 Å². The second-order valence-corrected chi connectivity index (χ2v) is 8.88. The van der Waals surface area contributed by atoms with Crippen molar-refractivity contribution in [1.82, 2.24) is 19.9 Å². The lowest BCUT2D eigenvalue weighted by atomic mass is 10.0. The van der Waals surface area contributed by atoms with Gasteiger partial charge in [0.05, 0.1) is 48.1 Å². The van der Waals surface area contributed by atoms with E-state index in [1.165, 1.54) is 24.8 Å². The lowest BCUT2D eigenvalue weighted by Gasteiger charge is -2.27. The fraction of sp³-hybridized carbons (Fsp3) is 0.280. The Bertz CT molecular complexity index is 1450. The summed E-state index contributed by atoms with van der Waals surface area (Å²) in [7, 11) is 0. The number of nitrogens with zero attached hydrogens (tertiary/aromatic N) is 7. The summed E-state index contributed by atoms with van der Waals surface area (Å²) < 4.78 is 41.9. The molecule has 4 rings (SSSR count). The Morgan fingerprint density at radius 1 is 1.05 bits per heavy atom. The number of anilines is 1. The summed E-state index contributed by atoms with van der Waals surface area (Å²) in [6.07, 6.45) is -2.81. The number of benzene rings is 2. The zero-order chi connectivity index (χ0) is 27.0. The number of rotatable bonds is 6. The van der Waals surface area contributed by atoms with Crippen LogP contribution in [-0.4, -0.2) is 37.4 Å². The van der Waals surface area contributed by atoms with E-state index >= 15 is 0 Å². The molecule has 1 aliphatic heterocycles. The van der Waals surface area contributed by atoms with Crippen LogP contribution in [0.25, 0.3) is 11.3 Å². The van der Waals surface area contributed by atoms with Crippen LogP contribution in [-0.2, 0) is 24.1 Å². The molecule has 12 heteroatoms. The van der Waals surface area contributed by atoms with Crippen LogP contribution < -0.4 is 4.90 Å². The molecule has 0 radical (unpaired) electrons. The summed E-state index contributed by atoms with van der Waals surface area (Å²) in [4.78, 5) is 28.4. The zero-order valence-corrected chi connectivity index (χ0v) is 19.8. The number of imide groups is 1. The van der Waals surface area contributed by atoms with Gasteiger partial charge in [-0.05, 0) is 37.6 Å². The normalized spacial score (nSPS) is 15.1. The van der Waals surface area contributed by atoms with Gasteiger partial charge in [-0.1, -0.05) is 29.5 Å². The first-order chi connectivity index (χ1) is 17.5. The smallest absolute Gasteiger partial charge is 0.305 e. The highest BCUT2D eigenvalue weighted by Crippen LogP contribution is 2.38. The molecule has 0 N–H and O–H groups in total. The fourth-order valence-corrected chi connectivity index (χ4v) is 4.00. The first kappa shape index (κ1) is 25.4. The van der Waals surface area contributed by atoms with E-state index in [9.17, 15) is 22.8 Å². The molecule has 1 aromatic heterocycles. The molecule has 3 amide bonds. The average molecular weight is 507 g/mol. The van der Waals surface area contributed by atoms with Crippen molar-refractivity contribution >= 4 is 17.6 Å². The Balaban J connectivity index is 1.58. The molecular weight excluding hydrogens is 487 g/mol. The van der Waals surface area contributed by atoms with Gasteiger partial charge in [0.15, 0.2) is 0 Å². The van der Waals surface area contributed by atoms with Crippen molar-refractivity contribution < 1.29 is 22.8 Å². The second-order valence-electron chi connectivity index (χ2n) is 8.88. The molecule has 1 saturated heterocycles. The van der Waals surface area contributed by atoms with E-state index in [0.717, 1.165) is 17.7 Å². The van der Waals surface area contributed by atoms with Gasteiger partial charge in [0.1, 0.15) is 11.2 Å². The summed E-state index contributed by atoms with van der Waals surface area (Å²) in [5, 5.41) is 25.8. The van der Waals surface area contributed by atoms with Gasteiger partial charge in [0.25, 0.3) is 5.91 Å². The van der Waals surface area contributed by atoms with Gasteiger partial charge >= 0.3 is 12.2 Å². The Morgan fingerprint density at radius 2 is 1.76 bits per heavy atom. The number of carbonyl (C=O) groups excluding carboxylic acids is 2. The quantitative estimate of drug-likeness (QED) is 0.454. The van der Waals surface area contributed by atoms with Crippen molar-refractivity contribution in [2.75, 3.05) is 4.90 Å².